The van der Waals surface area contributed by atoms with Gasteiger partial charge in [0.05, 0.1) is 0 Å². The molecule has 2 nitrogen and oxygen atoms in total. The lowest BCUT2D eigenvalue weighted by Crippen LogP contribution is -2.06. The number of hydrogen-bond acceptors (Lipinski definition) is 2. The number of carbonyl (C=O) groups excluding carboxylic acids is 1. The van der Waals surface area contributed by atoms with E-state index in [-0.39, 0.29) is 11.8 Å². The van der Waals surface area contributed by atoms with Gasteiger partial charge in [-0.2, -0.15) is 0 Å². The summed E-state index contributed by atoms with van der Waals surface area (Å²) in [6, 6.07) is 0. The van der Waals surface area contributed by atoms with Crippen LogP contribution in [0.5, 0.6) is 0 Å². The van der Waals surface area contributed by atoms with Crippen molar-refractivity contribution in [3.63, 3.8) is 0 Å². The van der Waals surface area contributed by atoms with Crippen LogP contribution in [-0.2, 0) is 9.53 Å². The van der Waals surface area contributed by atoms with Crippen LogP contribution in [0.15, 0.2) is 0 Å². The molecule has 0 saturated heterocycles. The fourth-order valence-electron chi connectivity index (χ4n) is 0.191. The highest BCUT2D eigenvalue weighted by molar-refractivity contribution is 9.09. The van der Waals surface area contributed by atoms with Gasteiger partial charge in [0.25, 0.3) is 0 Å². The zero-order valence-electron chi connectivity index (χ0n) is 4.19. The van der Waals surface area contributed by atoms with Crippen molar-refractivity contribution in [2.45, 2.75) is 0 Å². The second-order valence-corrected chi connectivity index (χ2v) is 2.10. The second kappa shape index (κ2) is 5.38. The molecule has 0 amide bonds. The van der Waals surface area contributed by atoms with Crippen LogP contribution in [0, 0.1) is 0 Å². The normalized spacial score (nSPS) is 8.75. The zero-order valence-corrected chi connectivity index (χ0v) is 6.54. The van der Waals surface area contributed by atoms with Gasteiger partial charge in [-0.1, -0.05) is 15.9 Å². The first-order valence-corrected chi connectivity index (χ1v) is 3.74. The van der Waals surface area contributed by atoms with Crippen LogP contribution in [0.2, 0.25) is 0 Å². The van der Waals surface area contributed by atoms with Gasteiger partial charge in [0, 0.05) is 5.33 Å². The lowest BCUT2D eigenvalue weighted by molar-refractivity contribution is -0.139. The summed E-state index contributed by atoms with van der Waals surface area (Å²) in [4.78, 5) is 10.2. The van der Waals surface area contributed by atoms with Crippen molar-refractivity contribution in [1.82, 2.24) is 0 Å². The maximum atomic E-state index is 10.2. The highest BCUT2D eigenvalue weighted by Crippen LogP contribution is 1.85. The molecule has 0 saturated carbocycles. The highest BCUT2D eigenvalue weighted by atomic mass is 79.9. The third kappa shape index (κ3) is 4.40. The zero-order chi connectivity index (χ0) is 6.41. The molecule has 0 aromatic heterocycles. The summed E-state index contributed by atoms with van der Waals surface area (Å²) in [7, 11) is 0. The minimum absolute atomic E-state index is 0.0625. The third-order valence-corrected chi connectivity index (χ3v) is 0.991. The van der Waals surface area contributed by atoms with Crippen LogP contribution in [0.3, 0.4) is 0 Å². The number of hydrogen-bond donors (Lipinski definition) is 0. The van der Waals surface area contributed by atoms with E-state index >= 15 is 0 Å². The van der Waals surface area contributed by atoms with Crippen LogP contribution in [-0.4, -0.2) is 23.8 Å². The maximum absolute atomic E-state index is 10.2. The molecule has 0 bridgehead atoms. The number of halogens is 2. The van der Waals surface area contributed by atoms with E-state index in [1.54, 1.807) is 0 Å². The minimum atomic E-state index is -0.369. The summed E-state index contributed by atoms with van der Waals surface area (Å²) in [5, 5.41) is 0.662. The quantitative estimate of drug-likeness (QED) is 0.506. The van der Waals surface area contributed by atoms with Gasteiger partial charge in [0.1, 0.15) is 12.5 Å². The van der Waals surface area contributed by atoms with Crippen molar-refractivity contribution in [1.29, 1.82) is 0 Å². The molecule has 0 aliphatic heterocycles. The number of alkyl halides is 2. The lowest BCUT2D eigenvalue weighted by Gasteiger charge is -1.95. The standard InChI is InChI=1S/C4H6BrClO2/c5-1-2-8-4(7)3-6/h1-3H2. The molecular weight excluding hydrogens is 195 g/mol. The molecule has 4 heteroatoms. The van der Waals surface area contributed by atoms with Crippen molar-refractivity contribution < 1.29 is 9.53 Å². The molecule has 48 valence electrons. The van der Waals surface area contributed by atoms with Gasteiger partial charge in [-0.25, -0.2) is 0 Å². The summed E-state index contributed by atoms with van der Waals surface area (Å²) in [5.74, 6) is -0.432. The topological polar surface area (TPSA) is 26.3 Å². The van der Waals surface area contributed by atoms with Crippen LogP contribution in [0.1, 0.15) is 0 Å². The Morgan fingerprint density at radius 1 is 1.75 bits per heavy atom. The average molecular weight is 201 g/mol. The van der Waals surface area contributed by atoms with Crippen molar-refractivity contribution in [3.05, 3.63) is 0 Å². The minimum Gasteiger partial charge on any atom is -0.464 e. The molecule has 0 spiro atoms. The SMILES string of the molecule is O=C(CCl)OCCBr. The van der Waals surface area contributed by atoms with E-state index in [1.165, 1.54) is 0 Å². The molecule has 0 aromatic carbocycles. The second-order valence-electron chi connectivity index (χ2n) is 1.04. The summed E-state index contributed by atoms with van der Waals surface area (Å²) in [6.07, 6.45) is 0. The van der Waals surface area contributed by atoms with Crippen LogP contribution in [0.25, 0.3) is 0 Å². The van der Waals surface area contributed by atoms with E-state index < -0.39 is 0 Å². The Hall–Kier alpha value is 0.240. The Bertz CT molecular complexity index is 76.4. The third-order valence-electron chi connectivity index (χ3n) is 0.449. The molecule has 0 aliphatic rings. The number of ether oxygens (including phenoxy) is 1. The van der Waals surface area contributed by atoms with E-state index in [0.29, 0.717) is 11.9 Å². The predicted molar refractivity (Wildman–Crippen MR) is 35.5 cm³/mol. The first-order chi connectivity index (χ1) is 3.81. The van der Waals surface area contributed by atoms with Crippen molar-refractivity contribution in [2.75, 3.05) is 17.8 Å². The monoisotopic (exact) mass is 200 g/mol. The van der Waals surface area contributed by atoms with E-state index in [9.17, 15) is 4.79 Å². The van der Waals surface area contributed by atoms with Crippen LogP contribution >= 0.6 is 27.5 Å². The molecule has 0 N–H and O–H groups in total. The molecule has 0 atom stereocenters. The number of rotatable bonds is 3. The molecule has 0 aromatic rings. The first kappa shape index (κ1) is 8.24. The van der Waals surface area contributed by atoms with Gasteiger partial charge in [-0.3, -0.25) is 4.79 Å². The molecule has 8 heavy (non-hydrogen) atoms. The smallest absolute Gasteiger partial charge is 0.320 e. The van der Waals surface area contributed by atoms with Gasteiger partial charge in [0.2, 0.25) is 0 Å². The fourth-order valence-corrected chi connectivity index (χ4v) is 0.430. The summed E-state index contributed by atoms with van der Waals surface area (Å²) >= 11 is 8.18. The van der Waals surface area contributed by atoms with Crippen LogP contribution < -0.4 is 0 Å². The maximum Gasteiger partial charge on any atom is 0.320 e. The Morgan fingerprint density at radius 2 is 2.38 bits per heavy atom. The van der Waals surface area contributed by atoms with Crippen molar-refractivity contribution in [3.8, 4) is 0 Å². The van der Waals surface area contributed by atoms with E-state index in [4.69, 9.17) is 11.6 Å². The largest absolute Gasteiger partial charge is 0.464 e. The fraction of sp³-hybridized carbons (Fsp3) is 0.750. The molecular formula is C4H6BrClO2. The van der Waals surface area contributed by atoms with Crippen molar-refractivity contribution in [2.24, 2.45) is 0 Å². The molecule has 0 radical (unpaired) electrons. The Morgan fingerprint density at radius 3 is 2.75 bits per heavy atom. The van der Waals surface area contributed by atoms with E-state index in [0.717, 1.165) is 0 Å². The van der Waals surface area contributed by atoms with Crippen molar-refractivity contribution >= 4 is 33.5 Å². The predicted octanol–water partition coefficient (Wildman–Crippen LogP) is 1.16. The Balaban J connectivity index is 2.99. The summed E-state index contributed by atoms with van der Waals surface area (Å²) in [6.45, 7) is 0.394. The van der Waals surface area contributed by atoms with Crippen LogP contribution in [0.4, 0.5) is 0 Å². The summed E-state index contributed by atoms with van der Waals surface area (Å²) < 4.78 is 4.52. The Labute approximate surface area is 61.3 Å². The molecule has 0 aliphatic carbocycles. The molecule has 0 fully saturated rings. The van der Waals surface area contributed by atoms with Gasteiger partial charge in [0.15, 0.2) is 0 Å². The van der Waals surface area contributed by atoms with Gasteiger partial charge < -0.3 is 4.74 Å². The van der Waals surface area contributed by atoms with Gasteiger partial charge in [-0.05, 0) is 0 Å². The highest BCUT2D eigenvalue weighted by Gasteiger charge is 1.95. The Kier molecular flexibility index (Phi) is 5.54. The van der Waals surface area contributed by atoms with Gasteiger partial charge >= 0.3 is 5.97 Å². The number of carbonyl (C=O) groups is 1. The van der Waals surface area contributed by atoms with Gasteiger partial charge in [-0.15, -0.1) is 11.6 Å². The lowest BCUT2D eigenvalue weighted by atomic mass is 10.8. The average Bonchev–Trinajstić information content (AvgIpc) is 1.83. The van der Waals surface area contributed by atoms with E-state index in [1.807, 2.05) is 0 Å². The molecule has 0 unspecified atom stereocenters. The number of esters is 1. The molecule has 0 rings (SSSR count). The summed E-state index contributed by atoms with van der Waals surface area (Å²) in [5.41, 5.74) is 0. The van der Waals surface area contributed by atoms with E-state index in [2.05, 4.69) is 20.7 Å². The molecule has 0 heterocycles. The first-order valence-electron chi connectivity index (χ1n) is 2.08.